The van der Waals surface area contributed by atoms with Crippen LogP contribution in [0.4, 0.5) is 10.5 Å². The van der Waals surface area contributed by atoms with Gasteiger partial charge in [0, 0.05) is 37.6 Å². The van der Waals surface area contributed by atoms with Crippen LogP contribution in [0.3, 0.4) is 0 Å². The first kappa shape index (κ1) is 21.0. The zero-order chi connectivity index (χ0) is 21.5. The van der Waals surface area contributed by atoms with Gasteiger partial charge in [-0.2, -0.15) is 0 Å². The Balaban J connectivity index is 1.34. The van der Waals surface area contributed by atoms with Gasteiger partial charge in [-0.1, -0.05) is 29.8 Å². The number of nitrogens with zero attached hydrogens (tertiary/aromatic N) is 2. The molecule has 0 saturated carbocycles. The molecule has 8 heteroatoms. The number of piperazine rings is 1. The normalized spacial score (nSPS) is 15.9. The fourth-order valence-electron chi connectivity index (χ4n) is 3.27. The van der Waals surface area contributed by atoms with E-state index in [9.17, 15) is 4.79 Å². The van der Waals surface area contributed by atoms with E-state index in [2.05, 4.69) is 15.6 Å². The molecular formula is C23H23ClN4O3. The summed E-state index contributed by atoms with van der Waals surface area (Å²) in [7, 11) is 0. The molecule has 0 radical (unpaired) electrons. The van der Waals surface area contributed by atoms with Gasteiger partial charge in [0.05, 0.1) is 17.3 Å². The first-order chi connectivity index (χ1) is 15.2. The summed E-state index contributed by atoms with van der Waals surface area (Å²) >= 11 is 5.95. The van der Waals surface area contributed by atoms with Gasteiger partial charge < -0.3 is 25.0 Å². The highest BCUT2D eigenvalue weighted by Crippen LogP contribution is 2.23. The zero-order valence-corrected chi connectivity index (χ0v) is 17.6. The maximum atomic E-state index is 12.9. The van der Waals surface area contributed by atoms with Crippen LogP contribution < -0.4 is 20.1 Å². The predicted molar refractivity (Wildman–Crippen MR) is 120 cm³/mol. The molecule has 2 heterocycles. The minimum absolute atomic E-state index is 0.117. The monoisotopic (exact) mass is 438 g/mol. The molecule has 2 N–H and O–H groups in total. The molecule has 1 unspecified atom stereocenters. The maximum Gasteiger partial charge on any atom is 0.322 e. The molecule has 0 aliphatic carbocycles. The molecule has 7 nitrogen and oxygen atoms in total. The van der Waals surface area contributed by atoms with Crippen LogP contribution in [0.25, 0.3) is 0 Å². The van der Waals surface area contributed by atoms with Crippen molar-refractivity contribution in [3.05, 3.63) is 78.1 Å². The van der Waals surface area contributed by atoms with Gasteiger partial charge in [0.25, 0.3) is 0 Å². The molecule has 1 aromatic heterocycles. The first-order valence-corrected chi connectivity index (χ1v) is 10.4. The van der Waals surface area contributed by atoms with Gasteiger partial charge in [0.15, 0.2) is 0 Å². The molecule has 3 aromatic rings. The lowest BCUT2D eigenvalue weighted by atomic mass is 10.2. The first-order valence-electron chi connectivity index (χ1n) is 10.0. The number of carbonyl (C=O) groups is 1. The number of carbonyl (C=O) groups excluding carboxylic acids is 1. The van der Waals surface area contributed by atoms with Crippen molar-refractivity contribution < 1.29 is 14.3 Å². The number of hydrogen-bond donors (Lipinski definition) is 2. The fraction of sp³-hybridized carbons (Fsp3) is 0.217. The van der Waals surface area contributed by atoms with Gasteiger partial charge in [0.2, 0.25) is 0 Å². The Hall–Kier alpha value is -3.29. The summed E-state index contributed by atoms with van der Waals surface area (Å²) in [6.45, 7) is 2.30. The number of para-hydroxylation sites is 1. The summed E-state index contributed by atoms with van der Waals surface area (Å²) in [4.78, 5) is 18.7. The molecule has 0 bridgehead atoms. The number of benzene rings is 2. The molecule has 1 aliphatic rings. The van der Waals surface area contributed by atoms with E-state index in [4.69, 9.17) is 21.1 Å². The van der Waals surface area contributed by atoms with E-state index in [-0.39, 0.29) is 12.1 Å². The van der Waals surface area contributed by atoms with E-state index in [0.717, 1.165) is 12.3 Å². The minimum atomic E-state index is -0.170. The Labute approximate surface area is 186 Å². The molecule has 1 atom stereocenters. The van der Waals surface area contributed by atoms with Crippen molar-refractivity contribution in [2.24, 2.45) is 0 Å². The van der Waals surface area contributed by atoms with E-state index in [1.165, 1.54) is 0 Å². The van der Waals surface area contributed by atoms with E-state index < -0.39 is 0 Å². The summed E-state index contributed by atoms with van der Waals surface area (Å²) in [5.74, 6) is 2.04. The zero-order valence-electron chi connectivity index (χ0n) is 16.8. The van der Waals surface area contributed by atoms with Gasteiger partial charge in [-0.3, -0.25) is 4.98 Å². The van der Waals surface area contributed by atoms with Crippen LogP contribution in [-0.2, 0) is 0 Å². The van der Waals surface area contributed by atoms with Crippen molar-refractivity contribution in [2.45, 2.75) is 6.04 Å². The summed E-state index contributed by atoms with van der Waals surface area (Å²) in [5, 5.41) is 6.76. The van der Waals surface area contributed by atoms with Crippen LogP contribution in [0.15, 0.2) is 73.1 Å². The minimum Gasteiger partial charge on any atom is -0.490 e. The van der Waals surface area contributed by atoms with E-state index in [1.54, 1.807) is 23.4 Å². The van der Waals surface area contributed by atoms with Crippen molar-refractivity contribution in [3.63, 3.8) is 0 Å². The van der Waals surface area contributed by atoms with Crippen LogP contribution in [0.5, 0.6) is 17.2 Å². The van der Waals surface area contributed by atoms with E-state index in [0.29, 0.717) is 41.9 Å². The lowest BCUT2D eigenvalue weighted by Crippen LogP contribution is -2.57. The maximum absolute atomic E-state index is 12.9. The Morgan fingerprint density at radius 1 is 1.10 bits per heavy atom. The number of pyridine rings is 1. The molecule has 31 heavy (non-hydrogen) atoms. The number of ether oxygens (including phenoxy) is 2. The molecule has 160 valence electrons. The largest absolute Gasteiger partial charge is 0.490 e. The van der Waals surface area contributed by atoms with Crippen molar-refractivity contribution >= 4 is 23.3 Å². The van der Waals surface area contributed by atoms with Gasteiger partial charge in [-0.15, -0.1) is 0 Å². The lowest BCUT2D eigenvalue weighted by Gasteiger charge is -2.35. The smallest absolute Gasteiger partial charge is 0.322 e. The average Bonchev–Trinajstić information content (AvgIpc) is 2.80. The number of nitrogens with one attached hydrogen (secondary N) is 2. The Morgan fingerprint density at radius 2 is 1.87 bits per heavy atom. The van der Waals surface area contributed by atoms with Crippen LogP contribution in [0, 0.1) is 0 Å². The molecule has 1 saturated heterocycles. The standard InChI is InChI=1S/C23H23ClN4O3/c24-17-12-22(15-26-13-17)30-16-19-14-25-10-11-28(19)23(29)27-18-6-8-21(9-7-18)31-20-4-2-1-3-5-20/h1-9,12-13,15,19,25H,10-11,14,16H2,(H,27,29). The number of anilines is 1. The summed E-state index contributed by atoms with van der Waals surface area (Å²) in [6.07, 6.45) is 3.15. The molecule has 1 aliphatic heterocycles. The van der Waals surface area contributed by atoms with Crippen molar-refractivity contribution in [1.29, 1.82) is 0 Å². The molecule has 1 fully saturated rings. The van der Waals surface area contributed by atoms with Crippen molar-refractivity contribution in [3.8, 4) is 17.2 Å². The second kappa shape index (κ2) is 10.1. The third-order valence-corrected chi connectivity index (χ3v) is 5.02. The second-order valence-corrected chi connectivity index (χ2v) is 7.51. The van der Waals surface area contributed by atoms with Gasteiger partial charge in [0.1, 0.15) is 23.9 Å². The lowest BCUT2D eigenvalue weighted by molar-refractivity contribution is 0.133. The Kier molecular flexibility index (Phi) is 6.86. The molecule has 4 rings (SSSR count). The molecule has 0 spiro atoms. The van der Waals surface area contributed by atoms with Gasteiger partial charge >= 0.3 is 6.03 Å². The van der Waals surface area contributed by atoms with Crippen LogP contribution in [0.1, 0.15) is 0 Å². The molecular weight excluding hydrogens is 416 g/mol. The number of halogens is 1. The van der Waals surface area contributed by atoms with Crippen molar-refractivity contribution in [1.82, 2.24) is 15.2 Å². The summed E-state index contributed by atoms with van der Waals surface area (Å²) in [5.41, 5.74) is 0.697. The van der Waals surface area contributed by atoms with E-state index in [1.807, 2.05) is 54.6 Å². The average molecular weight is 439 g/mol. The topological polar surface area (TPSA) is 75.7 Å². The predicted octanol–water partition coefficient (Wildman–Crippen LogP) is 4.41. The van der Waals surface area contributed by atoms with Crippen LogP contribution in [-0.4, -0.2) is 48.2 Å². The Bertz CT molecular complexity index is 1000. The van der Waals surface area contributed by atoms with Crippen molar-refractivity contribution in [2.75, 3.05) is 31.6 Å². The Morgan fingerprint density at radius 3 is 2.65 bits per heavy atom. The van der Waals surface area contributed by atoms with Gasteiger partial charge in [-0.05, 0) is 36.4 Å². The highest BCUT2D eigenvalue weighted by atomic mass is 35.5. The van der Waals surface area contributed by atoms with E-state index >= 15 is 0 Å². The number of urea groups is 1. The van der Waals surface area contributed by atoms with Gasteiger partial charge in [-0.25, -0.2) is 4.79 Å². The SMILES string of the molecule is O=C(Nc1ccc(Oc2ccccc2)cc1)N1CCNCC1COc1cncc(Cl)c1. The number of hydrogen-bond acceptors (Lipinski definition) is 5. The highest BCUT2D eigenvalue weighted by Gasteiger charge is 2.27. The second-order valence-electron chi connectivity index (χ2n) is 7.07. The number of rotatable bonds is 6. The summed E-state index contributed by atoms with van der Waals surface area (Å²) < 4.78 is 11.6. The quantitative estimate of drug-likeness (QED) is 0.596. The third kappa shape index (κ3) is 5.87. The highest BCUT2D eigenvalue weighted by molar-refractivity contribution is 6.30. The molecule has 2 amide bonds. The van der Waals surface area contributed by atoms with Crippen LogP contribution in [0.2, 0.25) is 5.02 Å². The number of amides is 2. The van der Waals surface area contributed by atoms with Crippen LogP contribution >= 0.6 is 11.6 Å². The molecule has 2 aromatic carbocycles. The summed E-state index contributed by atoms with van der Waals surface area (Å²) in [6, 6.07) is 18.3. The third-order valence-electron chi connectivity index (χ3n) is 4.82. The fourth-order valence-corrected chi connectivity index (χ4v) is 3.43. The number of aromatic nitrogens is 1.